The first-order valence-corrected chi connectivity index (χ1v) is 11.2. The van der Waals surface area contributed by atoms with E-state index < -0.39 is 11.9 Å². The van der Waals surface area contributed by atoms with Gasteiger partial charge < -0.3 is 9.88 Å². The first kappa shape index (κ1) is 22.9. The van der Waals surface area contributed by atoms with Gasteiger partial charge in [-0.3, -0.25) is 0 Å². The number of nitrogens with zero attached hydrogens (tertiary/aromatic N) is 2. The molecule has 0 radical (unpaired) electrons. The summed E-state index contributed by atoms with van der Waals surface area (Å²) in [6.07, 6.45) is -3.59. The van der Waals surface area contributed by atoms with Crippen LogP contribution >= 0.6 is 0 Å². The Balaban J connectivity index is 1.96. The molecule has 33 heavy (non-hydrogen) atoms. The van der Waals surface area contributed by atoms with Crippen LogP contribution in [0.5, 0.6) is 0 Å². The van der Waals surface area contributed by atoms with Crippen LogP contribution < -0.4 is 4.90 Å². The predicted molar refractivity (Wildman–Crippen MR) is 127 cm³/mol. The molecule has 4 aromatic rings. The van der Waals surface area contributed by atoms with E-state index in [1.165, 1.54) is 0 Å². The van der Waals surface area contributed by atoms with E-state index in [1.807, 2.05) is 86.3 Å². The number of alkyl halides is 3. The molecule has 6 heteroatoms. The number of benzene rings is 2. The molecule has 2 aromatic heterocycles. The van der Waals surface area contributed by atoms with Gasteiger partial charge in [0.2, 0.25) is 0 Å². The maximum Gasteiger partial charge on any atom is 0.433 e. The van der Waals surface area contributed by atoms with Crippen LogP contribution in [0.3, 0.4) is 0 Å². The second-order valence-corrected chi connectivity index (χ2v) is 8.46. The van der Waals surface area contributed by atoms with E-state index in [4.69, 9.17) is 0 Å². The zero-order chi connectivity index (χ0) is 23.6. The van der Waals surface area contributed by atoms with Gasteiger partial charge in [0.25, 0.3) is 0 Å². The molecule has 0 amide bonds. The van der Waals surface area contributed by atoms with Crippen molar-refractivity contribution in [2.24, 2.45) is 0 Å². The highest BCUT2D eigenvalue weighted by Gasteiger charge is 2.38. The van der Waals surface area contributed by atoms with Crippen molar-refractivity contribution in [1.29, 1.82) is 0 Å². The number of fused-ring (bicyclic) bond motifs is 1. The van der Waals surface area contributed by atoms with Crippen LogP contribution in [0.25, 0.3) is 10.9 Å². The number of halogens is 3. The zero-order valence-electron chi connectivity index (χ0n) is 19.1. The fourth-order valence-electron chi connectivity index (χ4n) is 4.38. The van der Waals surface area contributed by atoms with Crippen molar-refractivity contribution in [2.75, 3.05) is 4.90 Å². The molecular formula is C27H28F3N3. The molecule has 2 aromatic carbocycles. The van der Waals surface area contributed by atoms with Gasteiger partial charge >= 0.3 is 6.18 Å². The van der Waals surface area contributed by atoms with Crippen LogP contribution in [0.4, 0.5) is 19.0 Å². The maximum absolute atomic E-state index is 14.2. The molecule has 0 aliphatic carbocycles. The molecule has 3 nitrogen and oxygen atoms in total. The van der Waals surface area contributed by atoms with Gasteiger partial charge in [0.1, 0.15) is 0 Å². The molecule has 0 saturated carbocycles. The summed E-state index contributed by atoms with van der Waals surface area (Å²) in [6.45, 7) is 6.57. The van der Waals surface area contributed by atoms with Crippen molar-refractivity contribution < 1.29 is 13.2 Å². The van der Waals surface area contributed by atoms with E-state index in [0.29, 0.717) is 42.7 Å². The molecule has 0 unspecified atom stereocenters. The summed E-state index contributed by atoms with van der Waals surface area (Å²) in [6, 6.07) is 19.5. The van der Waals surface area contributed by atoms with Gasteiger partial charge in [0.05, 0.1) is 5.52 Å². The lowest BCUT2D eigenvalue weighted by atomic mass is 9.99. The summed E-state index contributed by atoms with van der Waals surface area (Å²) in [7, 11) is 0. The Bertz CT molecular complexity index is 1190. The van der Waals surface area contributed by atoms with E-state index in [0.717, 1.165) is 22.4 Å². The zero-order valence-corrected chi connectivity index (χ0v) is 19.1. The van der Waals surface area contributed by atoms with Crippen LogP contribution in [0.1, 0.15) is 47.0 Å². The van der Waals surface area contributed by atoms with E-state index in [-0.39, 0.29) is 5.56 Å². The average Bonchev–Trinajstić information content (AvgIpc) is 3.09. The van der Waals surface area contributed by atoms with Gasteiger partial charge in [0.15, 0.2) is 11.5 Å². The first-order chi connectivity index (χ1) is 15.8. The Labute approximate surface area is 192 Å². The van der Waals surface area contributed by atoms with Gasteiger partial charge in [0, 0.05) is 24.2 Å². The Morgan fingerprint density at radius 2 is 1.42 bits per heavy atom. The Morgan fingerprint density at radius 3 is 1.91 bits per heavy atom. The number of aromatic nitrogens is 2. The van der Waals surface area contributed by atoms with Gasteiger partial charge in [-0.15, -0.1) is 0 Å². The molecule has 4 rings (SSSR count). The molecule has 0 aliphatic rings. The molecule has 0 atom stereocenters. The normalized spacial score (nSPS) is 11.8. The number of aryl methyl sites for hydroxylation is 3. The van der Waals surface area contributed by atoms with E-state index in [1.54, 1.807) is 0 Å². The van der Waals surface area contributed by atoms with Gasteiger partial charge in [-0.25, -0.2) is 4.98 Å². The van der Waals surface area contributed by atoms with Crippen LogP contribution in [0.15, 0.2) is 60.7 Å². The number of rotatable bonds is 7. The van der Waals surface area contributed by atoms with Crippen molar-refractivity contribution in [3.05, 3.63) is 94.3 Å². The molecular weight excluding hydrogens is 423 g/mol. The smallest absolute Gasteiger partial charge is 0.355 e. The van der Waals surface area contributed by atoms with Gasteiger partial charge in [-0.05, 0) is 42.5 Å². The molecule has 172 valence electrons. The van der Waals surface area contributed by atoms with E-state index in [9.17, 15) is 13.2 Å². The lowest BCUT2D eigenvalue weighted by Crippen LogP contribution is -2.25. The Hall–Kier alpha value is -3.28. The summed E-state index contributed by atoms with van der Waals surface area (Å²) >= 11 is 0. The first-order valence-electron chi connectivity index (χ1n) is 11.2. The van der Waals surface area contributed by atoms with Crippen LogP contribution in [0.2, 0.25) is 0 Å². The quantitative estimate of drug-likeness (QED) is 0.318. The number of aromatic amines is 1. The molecule has 0 aliphatic heterocycles. The monoisotopic (exact) mass is 451 g/mol. The fourth-order valence-corrected chi connectivity index (χ4v) is 4.38. The number of H-pyrrole nitrogens is 1. The third-order valence-electron chi connectivity index (χ3n) is 6.03. The predicted octanol–water partition coefficient (Wildman–Crippen LogP) is 7.36. The molecule has 0 saturated heterocycles. The fraction of sp³-hybridized carbons (Fsp3) is 0.296. The minimum atomic E-state index is -4.53. The van der Waals surface area contributed by atoms with Gasteiger partial charge in [-0.1, -0.05) is 74.0 Å². The largest absolute Gasteiger partial charge is 0.433 e. The van der Waals surface area contributed by atoms with E-state index in [2.05, 4.69) is 9.97 Å². The standard InChI is InChI=1S/C27H28F3N3/c1-4-11-22-23-18(2)19(3)31-24(23)26(32-25(22)27(28,29)30)33(16-20-12-7-5-8-13-20)17-21-14-9-6-10-15-21/h5-10,12-15,31H,4,11,16-17H2,1-3H3. The highest BCUT2D eigenvalue weighted by Crippen LogP contribution is 2.40. The molecule has 1 N–H and O–H groups in total. The molecule has 2 heterocycles. The van der Waals surface area contributed by atoms with E-state index >= 15 is 0 Å². The van der Waals surface area contributed by atoms with Crippen molar-refractivity contribution >= 4 is 16.7 Å². The number of hydrogen-bond donors (Lipinski definition) is 1. The van der Waals surface area contributed by atoms with Crippen molar-refractivity contribution in [3.63, 3.8) is 0 Å². The van der Waals surface area contributed by atoms with Crippen LogP contribution in [-0.4, -0.2) is 9.97 Å². The Kier molecular flexibility index (Phi) is 6.45. The third kappa shape index (κ3) is 4.75. The molecule has 0 spiro atoms. The van der Waals surface area contributed by atoms with Crippen LogP contribution in [0, 0.1) is 13.8 Å². The summed E-state index contributed by atoms with van der Waals surface area (Å²) in [5.74, 6) is 0.334. The third-order valence-corrected chi connectivity index (χ3v) is 6.03. The lowest BCUT2D eigenvalue weighted by molar-refractivity contribution is -0.141. The van der Waals surface area contributed by atoms with Crippen LogP contribution in [-0.2, 0) is 25.7 Å². The minimum Gasteiger partial charge on any atom is -0.355 e. The average molecular weight is 452 g/mol. The maximum atomic E-state index is 14.2. The second-order valence-electron chi connectivity index (χ2n) is 8.46. The molecule has 0 bridgehead atoms. The Morgan fingerprint density at radius 1 is 0.879 bits per heavy atom. The number of anilines is 1. The summed E-state index contributed by atoms with van der Waals surface area (Å²) in [4.78, 5) is 9.60. The summed E-state index contributed by atoms with van der Waals surface area (Å²) in [5, 5.41) is 0.651. The van der Waals surface area contributed by atoms with Crippen molar-refractivity contribution in [1.82, 2.24) is 9.97 Å². The van der Waals surface area contributed by atoms with Crippen molar-refractivity contribution in [2.45, 2.75) is 52.9 Å². The highest BCUT2D eigenvalue weighted by molar-refractivity contribution is 5.96. The lowest BCUT2D eigenvalue weighted by Gasteiger charge is -2.27. The van der Waals surface area contributed by atoms with Crippen molar-refractivity contribution in [3.8, 4) is 0 Å². The number of pyridine rings is 1. The van der Waals surface area contributed by atoms with Gasteiger partial charge in [-0.2, -0.15) is 13.2 Å². The number of nitrogens with one attached hydrogen (secondary N) is 1. The summed E-state index contributed by atoms with van der Waals surface area (Å²) in [5.41, 5.74) is 3.91. The summed E-state index contributed by atoms with van der Waals surface area (Å²) < 4.78 is 42.7. The molecule has 0 fully saturated rings. The highest BCUT2D eigenvalue weighted by atomic mass is 19.4. The topological polar surface area (TPSA) is 31.9 Å². The SMILES string of the molecule is CCCc1c(C(F)(F)F)nc(N(Cc2ccccc2)Cc2ccccc2)c2[nH]c(C)c(C)c12. The number of hydrogen-bond acceptors (Lipinski definition) is 2. The second kappa shape index (κ2) is 9.30. The minimum absolute atomic E-state index is 0.282.